The van der Waals surface area contributed by atoms with Gasteiger partial charge in [-0.25, -0.2) is 0 Å². The fraction of sp³-hybridized carbons (Fsp3) is 0.300. The Morgan fingerprint density at radius 2 is 1.71 bits per heavy atom. The molecule has 72 valence electrons. The van der Waals surface area contributed by atoms with Crippen LogP contribution in [0.15, 0.2) is 24.3 Å². The fourth-order valence-electron chi connectivity index (χ4n) is 0.847. The number of carbonyl (C=O) groups is 1. The summed E-state index contributed by atoms with van der Waals surface area (Å²) in [6.45, 7) is 1.76. The molecule has 14 heavy (non-hydrogen) atoms. The predicted molar refractivity (Wildman–Crippen MR) is 56.1 cm³/mol. The number of ether oxygens (including phenoxy) is 2. The van der Waals surface area contributed by atoms with Crippen LogP contribution in [-0.2, 0) is 4.79 Å². The Balaban J connectivity index is 0.00000169. The minimum atomic E-state index is -0.231. The number of hydrogen-bond donors (Lipinski definition) is 0. The molecule has 0 N–H and O–H groups in total. The molecule has 0 spiro atoms. The van der Waals surface area contributed by atoms with E-state index in [1.807, 2.05) is 0 Å². The molecule has 0 saturated carbocycles. The maximum atomic E-state index is 10.9. The molecule has 0 aliphatic rings. The summed E-state index contributed by atoms with van der Waals surface area (Å²) in [7, 11) is 1.59. The average Bonchev–Trinajstić information content (AvgIpc) is 2.19. The standard InChI is InChI=1S/C10H12O3.Na.H/c1-3-10(11)13-9-6-4-8(12-2)5-7-9;;/h4-7H,3H2,1-2H3;;. The monoisotopic (exact) mass is 204 g/mol. The van der Waals surface area contributed by atoms with E-state index in [2.05, 4.69) is 0 Å². The molecule has 0 fully saturated rings. The van der Waals surface area contributed by atoms with E-state index in [0.29, 0.717) is 12.2 Å². The number of hydrogen-bond acceptors (Lipinski definition) is 3. The van der Waals surface area contributed by atoms with Crippen LogP contribution in [0.3, 0.4) is 0 Å². The normalized spacial score (nSPS) is 8.71. The van der Waals surface area contributed by atoms with E-state index in [1.54, 1.807) is 38.3 Å². The van der Waals surface area contributed by atoms with Gasteiger partial charge >= 0.3 is 35.5 Å². The maximum absolute atomic E-state index is 10.9. The van der Waals surface area contributed by atoms with Crippen LogP contribution in [0.25, 0.3) is 0 Å². The Bertz CT molecular complexity index is 282. The molecule has 1 aromatic carbocycles. The van der Waals surface area contributed by atoms with Gasteiger partial charge in [0.1, 0.15) is 11.5 Å². The Kier molecular flexibility index (Phi) is 6.62. The molecular formula is C10H13NaO3. The van der Waals surface area contributed by atoms with Crippen LogP contribution in [0, 0.1) is 0 Å². The van der Waals surface area contributed by atoms with E-state index < -0.39 is 0 Å². The van der Waals surface area contributed by atoms with Gasteiger partial charge in [-0.2, -0.15) is 0 Å². The zero-order valence-electron chi connectivity index (χ0n) is 7.74. The number of rotatable bonds is 3. The van der Waals surface area contributed by atoms with Crippen LogP contribution in [0.1, 0.15) is 13.3 Å². The Labute approximate surface area is 106 Å². The third-order valence-corrected chi connectivity index (χ3v) is 1.58. The molecule has 0 aromatic heterocycles. The van der Waals surface area contributed by atoms with E-state index >= 15 is 0 Å². The number of benzene rings is 1. The molecule has 0 atom stereocenters. The van der Waals surface area contributed by atoms with Gasteiger partial charge in [0.05, 0.1) is 7.11 Å². The first kappa shape index (κ1) is 13.5. The third-order valence-electron chi connectivity index (χ3n) is 1.58. The molecule has 1 rings (SSSR count). The molecule has 4 heteroatoms. The minimum absolute atomic E-state index is 0. The van der Waals surface area contributed by atoms with Crippen molar-refractivity contribution in [3.63, 3.8) is 0 Å². The zero-order valence-corrected chi connectivity index (χ0v) is 7.74. The molecule has 0 aliphatic heterocycles. The van der Waals surface area contributed by atoms with Crippen molar-refractivity contribution in [2.45, 2.75) is 13.3 Å². The van der Waals surface area contributed by atoms with Crippen LogP contribution < -0.4 is 9.47 Å². The molecule has 0 radical (unpaired) electrons. The summed E-state index contributed by atoms with van der Waals surface area (Å²) < 4.78 is 9.93. The van der Waals surface area contributed by atoms with Crippen LogP contribution in [0.2, 0.25) is 0 Å². The van der Waals surface area contributed by atoms with Crippen molar-refractivity contribution in [1.82, 2.24) is 0 Å². The summed E-state index contributed by atoms with van der Waals surface area (Å²) in [6.07, 6.45) is 0.381. The predicted octanol–water partition coefficient (Wildman–Crippen LogP) is 1.36. The topological polar surface area (TPSA) is 35.5 Å². The van der Waals surface area contributed by atoms with Gasteiger partial charge in [-0.1, -0.05) is 6.92 Å². The SMILES string of the molecule is CCC(=O)Oc1ccc(OC)cc1.[NaH]. The summed E-state index contributed by atoms with van der Waals surface area (Å²) in [5, 5.41) is 0. The van der Waals surface area contributed by atoms with Gasteiger partial charge in [0, 0.05) is 6.42 Å². The van der Waals surface area contributed by atoms with Crippen molar-refractivity contribution in [2.24, 2.45) is 0 Å². The molecule has 1 aromatic rings. The van der Waals surface area contributed by atoms with Crippen molar-refractivity contribution in [3.8, 4) is 11.5 Å². The molecule has 3 nitrogen and oxygen atoms in total. The van der Waals surface area contributed by atoms with Gasteiger partial charge < -0.3 is 9.47 Å². The Hall–Kier alpha value is -0.510. The van der Waals surface area contributed by atoms with Gasteiger partial charge in [0.2, 0.25) is 0 Å². The molecule has 0 amide bonds. The first-order chi connectivity index (χ1) is 6.26. The second kappa shape index (κ2) is 6.87. The third kappa shape index (κ3) is 4.13. The summed E-state index contributed by atoms with van der Waals surface area (Å²) in [4.78, 5) is 10.9. The summed E-state index contributed by atoms with van der Waals surface area (Å²) in [5.74, 6) is 1.06. The first-order valence-corrected chi connectivity index (χ1v) is 4.11. The zero-order chi connectivity index (χ0) is 9.68. The van der Waals surface area contributed by atoms with Crippen molar-refractivity contribution in [2.75, 3.05) is 7.11 Å². The quantitative estimate of drug-likeness (QED) is 0.423. The van der Waals surface area contributed by atoms with Crippen LogP contribution >= 0.6 is 0 Å². The van der Waals surface area contributed by atoms with Gasteiger partial charge in [-0.15, -0.1) is 0 Å². The van der Waals surface area contributed by atoms with E-state index in [-0.39, 0.29) is 35.5 Å². The molecule has 0 bridgehead atoms. The average molecular weight is 204 g/mol. The van der Waals surface area contributed by atoms with Crippen LogP contribution in [-0.4, -0.2) is 42.6 Å². The van der Waals surface area contributed by atoms with Crippen molar-refractivity contribution < 1.29 is 14.3 Å². The second-order valence-corrected chi connectivity index (χ2v) is 2.50. The van der Waals surface area contributed by atoms with E-state index in [9.17, 15) is 4.79 Å². The molecule has 0 heterocycles. The summed E-state index contributed by atoms with van der Waals surface area (Å²) in [5.41, 5.74) is 0. The molecular weight excluding hydrogens is 191 g/mol. The van der Waals surface area contributed by atoms with Gasteiger partial charge in [-0.3, -0.25) is 4.79 Å². The Morgan fingerprint density at radius 3 is 2.14 bits per heavy atom. The van der Waals surface area contributed by atoms with E-state index in [0.717, 1.165) is 5.75 Å². The first-order valence-electron chi connectivity index (χ1n) is 4.11. The number of esters is 1. The summed E-state index contributed by atoms with van der Waals surface area (Å²) >= 11 is 0. The van der Waals surface area contributed by atoms with Gasteiger partial charge in [0.15, 0.2) is 0 Å². The van der Waals surface area contributed by atoms with Crippen molar-refractivity contribution >= 4 is 35.5 Å². The molecule has 0 saturated heterocycles. The molecule has 0 aliphatic carbocycles. The van der Waals surface area contributed by atoms with Crippen molar-refractivity contribution in [3.05, 3.63) is 24.3 Å². The summed E-state index contributed by atoms with van der Waals surface area (Å²) in [6, 6.07) is 6.90. The van der Waals surface area contributed by atoms with Crippen molar-refractivity contribution in [1.29, 1.82) is 0 Å². The van der Waals surface area contributed by atoms with Crippen LogP contribution in [0.4, 0.5) is 0 Å². The molecule has 0 unspecified atom stereocenters. The fourth-order valence-corrected chi connectivity index (χ4v) is 0.847. The van der Waals surface area contributed by atoms with E-state index in [1.165, 1.54) is 0 Å². The van der Waals surface area contributed by atoms with Gasteiger partial charge in [-0.05, 0) is 24.3 Å². The number of carbonyl (C=O) groups excluding carboxylic acids is 1. The Morgan fingerprint density at radius 1 is 1.21 bits per heavy atom. The van der Waals surface area contributed by atoms with Gasteiger partial charge in [0.25, 0.3) is 0 Å². The van der Waals surface area contributed by atoms with Crippen LogP contribution in [0.5, 0.6) is 11.5 Å². The second-order valence-electron chi connectivity index (χ2n) is 2.50. The number of methoxy groups -OCH3 is 1. The van der Waals surface area contributed by atoms with E-state index in [4.69, 9.17) is 9.47 Å².